The van der Waals surface area contributed by atoms with Crippen LogP contribution in [0.15, 0.2) is 48.9 Å². The van der Waals surface area contributed by atoms with Crippen molar-refractivity contribution in [2.45, 2.75) is 32.9 Å². The van der Waals surface area contributed by atoms with E-state index in [0.29, 0.717) is 48.6 Å². The molecular weight excluding hydrogens is 461 g/mol. The van der Waals surface area contributed by atoms with Gasteiger partial charge < -0.3 is 14.2 Å². The Bertz CT molecular complexity index is 1220. The monoisotopic (exact) mass is 486 g/mol. The number of hydrogen-bond acceptors (Lipinski definition) is 6. The highest BCUT2D eigenvalue weighted by Gasteiger charge is 2.31. The second-order valence-corrected chi connectivity index (χ2v) is 8.52. The van der Waals surface area contributed by atoms with Gasteiger partial charge in [0, 0.05) is 48.1 Å². The minimum Gasteiger partial charge on any atom is -0.457 e. The summed E-state index contributed by atoms with van der Waals surface area (Å²) in [6, 6.07) is 6.53. The molecule has 4 rings (SSSR count). The number of rotatable bonds is 6. The maximum atomic E-state index is 13.1. The summed E-state index contributed by atoms with van der Waals surface area (Å²) in [5.41, 5.74) is 0.939. The molecule has 10 heteroatoms. The van der Waals surface area contributed by atoms with Crippen molar-refractivity contribution in [3.8, 4) is 5.69 Å². The molecule has 0 saturated carbocycles. The number of ether oxygens (including phenoxy) is 1. The Hall–Kier alpha value is -3.69. The summed E-state index contributed by atoms with van der Waals surface area (Å²) in [5, 5.41) is 0. The van der Waals surface area contributed by atoms with Gasteiger partial charge >= 0.3 is 12.1 Å². The highest BCUT2D eigenvalue weighted by Crippen LogP contribution is 2.31. The van der Waals surface area contributed by atoms with Crippen molar-refractivity contribution >= 4 is 17.6 Å². The van der Waals surface area contributed by atoms with Gasteiger partial charge in [-0.15, -0.1) is 0 Å². The number of benzene rings is 1. The number of esters is 1. The Balaban J connectivity index is 1.38. The van der Waals surface area contributed by atoms with Crippen molar-refractivity contribution in [3.05, 3.63) is 71.4 Å². The summed E-state index contributed by atoms with van der Waals surface area (Å²) in [7, 11) is 0. The lowest BCUT2D eigenvalue weighted by molar-refractivity contribution is -0.148. The molecule has 184 valence electrons. The molecule has 0 atom stereocenters. The number of aryl methyl sites for hydroxylation is 1. The Morgan fingerprint density at radius 2 is 1.86 bits per heavy atom. The van der Waals surface area contributed by atoms with Crippen LogP contribution in [-0.4, -0.2) is 46.0 Å². The van der Waals surface area contributed by atoms with E-state index < -0.39 is 30.1 Å². The van der Waals surface area contributed by atoms with Gasteiger partial charge in [-0.05, 0) is 51.0 Å². The molecule has 3 heterocycles. The Morgan fingerprint density at radius 1 is 1.11 bits per heavy atom. The summed E-state index contributed by atoms with van der Waals surface area (Å²) < 4.78 is 46.3. The molecule has 1 saturated heterocycles. The van der Waals surface area contributed by atoms with Crippen molar-refractivity contribution in [1.29, 1.82) is 0 Å². The minimum absolute atomic E-state index is 0.306. The van der Waals surface area contributed by atoms with Crippen LogP contribution >= 0.6 is 0 Å². The van der Waals surface area contributed by atoms with Gasteiger partial charge in [0.25, 0.3) is 0 Å². The van der Waals surface area contributed by atoms with Crippen LogP contribution < -0.4 is 4.90 Å². The van der Waals surface area contributed by atoms with Crippen molar-refractivity contribution in [1.82, 2.24) is 14.5 Å². The number of ketones is 1. The molecule has 7 nitrogen and oxygen atoms in total. The van der Waals surface area contributed by atoms with Crippen LogP contribution in [0.4, 0.5) is 19.0 Å². The first-order valence-corrected chi connectivity index (χ1v) is 11.2. The molecule has 0 bridgehead atoms. The van der Waals surface area contributed by atoms with Crippen LogP contribution in [0.25, 0.3) is 5.69 Å². The summed E-state index contributed by atoms with van der Waals surface area (Å²) in [5.74, 6) is -0.385. The van der Waals surface area contributed by atoms with E-state index in [2.05, 4.69) is 9.97 Å². The molecule has 3 aromatic rings. The van der Waals surface area contributed by atoms with Crippen molar-refractivity contribution in [3.63, 3.8) is 0 Å². The van der Waals surface area contributed by atoms with E-state index >= 15 is 0 Å². The van der Waals surface area contributed by atoms with Crippen molar-refractivity contribution in [2.75, 3.05) is 24.6 Å². The summed E-state index contributed by atoms with van der Waals surface area (Å²) in [4.78, 5) is 35.7. The lowest BCUT2D eigenvalue weighted by Gasteiger charge is -2.31. The minimum atomic E-state index is -4.47. The third kappa shape index (κ3) is 5.36. The second-order valence-electron chi connectivity index (χ2n) is 8.52. The van der Waals surface area contributed by atoms with E-state index in [0.717, 1.165) is 18.0 Å². The molecule has 0 radical (unpaired) electrons. The fourth-order valence-electron chi connectivity index (χ4n) is 4.39. The van der Waals surface area contributed by atoms with Crippen LogP contribution in [-0.2, 0) is 15.7 Å². The molecule has 1 aliphatic rings. The van der Waals surface area contributed by atoms with Crippen LogP contribution in [0.3, 0.4) is 0 Å². The largest absolute Gasteiger partial charge is 0.457 e. The van der Waals surface area contributed by atoms with Gasteiger partial charge in [-0.2, -0.15) is 13.2 Å². The first kappa shape index (κ1) is 24.4. The van der Waals surface area contributed by atoms with E-state index in [4.69, 9.17) is 4.74 Å². The molecule has 1 aromatic carbocycles. The van der Waals surface area contributed by atoms with Crippen LogP contribution in [0, 0.1) is 19.8 Å². The quantitative estimate of drug-likeness (QED) is 0.376. The number of carbonyl (C=O) groups is 2. The summed E-state index contributed by atoms with van der Waals surface area (Å²) in [6.45, 7) is 4.21. The molecule has 35 heavy (non-hydrogen) atoms. The van der Waals surface area contributed by atoms with Gasteiger partial charge in [-0.3, -0.25) is 14.6 Å². The third-order valence-electron chi connectivity index (χ3n) is 6.21. The second kappa shape index (κ2) is 9.89. The van der Waals surface area contributed by atoms with E-state index in [1.165, 1.54) is 6.07 Å². The number of hydrogen-bond donors (Lipinski definition) is 0. The summed E-state index contributed by atoms with van der Waals surface area (Å²) in [6.07, 6.45) is 1.57. The molecule has 0 unspecified atom stereocenters. The van der Waals surface area contributed by atoms with Crippen LogP contribution in [0.1, 0.15) is 40.2 Å². The van der Waals surface area contributed by atoms with Gasteiger partial charge in [-0.1, -0.05) is 6.07 Å². The fourth-order valence-corrected chi connectivity index (χ4v) is 4.39. The number of carbonyl (C=O) groups excluding carboxylic acids is 2. The number of alkyl halides is 3. The number of piperidine rings is 1. The number of nitrogens with zero attached hydrogens (tertiary/aromatic N) is 4. The average Bonchev–Trinajstić information content (AvgIpc) is 3.16. The lowest BCUT2D eigenvalue weighted by Crippen LogP contribution is -2.37. The van der Waals surface area contributed by atoms with E-state index in [1.807, 2.05) is 4.90 Å². The van der Waals surface area contributed by atoms with Gasteiger partial charge in [0.2, 0.25) is 5.78 Å². The molecule has 0 aliphatic carbocycles. The molecule has 0 spiro atoms. The van der Waals surface area contributed by atoms with Crippen LogP contribution in [0.2, 0.25) is 0 Å². The van der Waals surface area contributed by atoms with Gasteiger partial charge in [0.05, 0.1) is 17.7 Å². The van der Waals surface area contributed by atoms with E-state index in [-0.39, 0.29) is 5.92 Å². The SMILES string of the molecule is Cc1cc(C(=O)COC(=O)C2CCN(c3cnccn3)CC2)c(C)n1-c1cccc(C(F)(F)F)c1. The molecule has 2 aromatic heterocycles. The van der Waals surface area contributed by atoms with Gasteiger partial charge in [0.15, 0.2) is 6.61 Å². The van der Waals surface area contributed by atoms with Gasteiger partial charge in [0.1, 0.15) is 5.82 Å². The Morgan fingerprint density at radius 3 is 2.51 bits per heavy atom. The highest BCUT2D eigenvalue weighted by atomic mass is 19.4. The topological polar surface area (TPSA) is 77.3 Å². The Labute approximate surface area is 200 Å². The average molecular weight is 486 g/mol. The lowest BCUT2D eigenvalue weighted by atomic mass is 9.97. The van der Waals surface area contributed by atoms with Gasteiger partial charge in [-0.25, -0.2) is 4.98 Å². The smallest absolute Gasteiger partial charge is 0.416 e. The number of Topliss-reactive ketones (excluding diaryl/α,β-unsaturated/α-hetero) is 1. The zero-order chi connectivity index (χ0) is 25.2. The predicted octanol–water partition coefficient (Wildman–Crippen LogP) is 4.55. The number of anilines is 1. The third-order valence-corrected chi connectivity index (χ3v) is 6.21. The molecule has 1 aliphatic heterocycles. The molecule has 0 amide bonds. The zero-order valence-electron chi connectivity index (χ0n) is 19.4. The predicted molar refractivity (Wildman–Crippen MR) is 123 cm³/mol. The first-order valence-electron chi connectivity index (χ1n) is 11.2. The van der Waals surface area contributed by atoms with Crippen molar-refractivity contribution < 1.29 is 27.5 Å². The van der Waals surface area contributed by atoms with E-state index in [9.17, 15) is 22.8 Å². The maximum absolute atomic E-state index is 13.1. The zero-order valence-corrected chi connectivity index (χ0v) is 19.4. The first-order chi connectivity index (χ1) is 16.6. The molecule has 0 N–H and O–H groups in total. The Kier molecular flexibility index (Phi) is 6.90. The maximum Gasteiger partial charge on any atom is 0.416 e. The molecule has 1 fully saturated rings. The normalized spacial score (nSPS) is 14.7. The number of halogens is 3. The fraction of sp³-hybridized carbons (Fsp3) is 0.360. The number of aromatic nitrogens is 3. The van der Waals surface area contributed by atoms with E-state index in [1.54, 1.807) is 49.1 Å². The molecular formula is C25H25F3N4O3. The highest BCUT2D eigenvalue weighted by molar-refractivity contribution is 5.99. The standard InChI is InChI=1S/C25H25F3N4O3/c1-16-12-21(17(2)32(16)20-5-3-4-19(13-20)25(26,27)28)22(33)15-35-24(34)18-6-10-31(11-7-18)23-14-29-8-9-30-23/h3-5,8-9,12-14,18H,6-7,10-11,15H2,1-2H3. The van der Waals surface area contributed by atoms with Crippen LogP contribution in [0.5, 0.6) is 0 Å². The summed E-state index contributed by atoms with van der Waals surface area (Å²) >= 11 is 0. The van der Waals surface area contributed by atoms with Crippen molar-refractivity contribution in [2.24, 2.45) is 5.92 Å².